The summed E-state index contributed by atoms with van der Waals surface area (Å²) in [6.45, 7) is 7.30. The summed E-state index contributed by atoms with van der Waals surface area (Å²) in [5.74, 6) is -1.41. The number of rotatable bonds is 8. The maximum atomic E-state index is 13.5. The van der Waals surface area contributed by atoms with Crippen molar-refractivity contribution in [2.75, 3.05) is 20.8 Å². The van der Waals surface area contributed by atoms with E-state index in [-0.39, 0.29) is 28.1 Å². The zero-order valence-electron chi connectivity index (χ0n) is 21.9. The molecule has 0 N–H and O–H groups in total. The highest BCUT2D eigenvalue weighted by atomic mass is 32.2. The topological polar surface area (TPSA) is 103 Å². The Bertz CT molecular complexity index is 1380. The highest BCUT2D eigenvalue weighted by molar-refractivity contribution is 7.89. The summed E-state index contributed by atoms with van der Waals surface area (Å²) in [6, 6.07) is 17.4. The highest BCUT2D eigenvalue weighted by Gasteiger charge is 2.30. The van der Waals surface area contributed by atoms with Crippen LogP contribution in [-0.2, 0) is 36.3 Å². The summed E-state index contributed by atoms with van der Waals surface area (Å²) >= 11 is 0. The van der Waals surface area contributed by atoms with E-state index in [4.69, 9.17) is 9.47 Å². The molecular weight excluding hydrogens is 492 g/mol. The van der Waals surface area contributed by atoms with Crippen molar-refractivity contribution < 1.29 is 27.5 Å². The lowest BCUT2D eigenvalue weighted by Gasteiger charge is -2.22. The van der Waals surface area contributed by atoms with Crippen LogP contribution in [0.15, 0.2) is 65.6 Å². The molecule has 0 bridgehead atoms. The van der Waals surface area contributed by atoms with Crippen LogP contribution in [0.25, 0.3) is 11.3 Å². The molecule has 9 heteroatoms. The number of esters is 2. The zero-order valence-corrected chi connectivity index (χ0v) is 22.8. The van der Waals surface area contributed by atoms with Crippen LogP contribution < -0.4 is 0 Å². The third-order valence-corrected chi connectivity index (χ3v) is 7.75. The lowest BCUT2D eigenvalue weighted by Crippen LogP contribution is -2.36. The van der Waals surface area contributed by atoms with Gasteiger partial charge in [0.2, 0.25) is 10.0 Å². The largest absolute Gasteiger partial charge is 0.468 e. The van der Waals surface area contributed by atoms with Gasteiger partial charge in [0.15, 0.2) is 0 Å². The molecule has 3 aromatic rings. The molecule has 0 amide bonds. The van der Waals surface area contributed by atoms with Crippen LogP contribution in [0.3, 0.4) is 0 Å². The molecule has 0 saturated carbocycles. The van der Waals surface area contributed by atoms with Gasteiger partial charge in [-0.15, -0.1) is 0 Å². The molecule has 37 heavy (non-hydrogen) atoms. The molecule has 1 heterocycles. The van der Waals surface area contributed by atoms with Crippen molar-refractivity contribution in [1.29, 1.82) is 0 Å². The second kappa shape index (κ2) is 11.2. The summed E-state index contributed by atoms with van der Waals surface area (Å²) in [5, 5.41) is 0. The molecule has 0 saturated heterocycles. The average Bonchev–Trinajstić information content (AvgIpc) is 2.87. The van der Waals surface area contributed by atoms with Gasteiger partial charge in [-0.1, -0.05) is 62.7 Å². The number of carbonyl (C=O) groups excluding carboxylic acids is 2. The van der Waals surface area contributed by atoms with E-state index >= 15 is 0 Å². The molecule has 0 aliphatic heterocycles. The average molecular weight is 525 g/mol. The highest BCUT2D eigenvalue weighted by Crippen LogP contribution is 2.27. The molecule has 0 spiro atoms. The third-order valence-electron chi connectivity index (χ3n) is 5.94. The van der Waals surface area contributed by atoms with Crippen LogP contribution in [0.2, 0.25) is 0 Å². The smallest absolute Gasteiger partial charge is 0.339 e. The molecule has 0 fully saturated rings. The van der Waals surface area contributed by atoms with Crippen molar-refractivity contribution in [2.24, 2.45) is 0 Å². The number of pyridine rings is 1. The summed E-state index contributed by atoms with van der Waals surface area (Å²) in [4.78, 5) is 29.4. The molecule has 0 aliphatic rings. The van der Waals surface area contributed by atoms with Crippen LogP contribution in [0, 0.1) is 6.92 Å². The van der Waals surface area contributed by atoms with Crippen molar-refractivity contribution >= 4 is 22.0 Å². The van der Waals surface area contributed by atoms with Gasteiger partial charge >= 0.3 is 11.9 Å². The molecule has 0 aliphatic carbocycles. The third kappa shape index (κ3) is 6.61. The van der Waals surface area contributed by atoms with Crippen LogP contribution >= 0.6 is 0 Å². The Labute approximate surface area is 218 Å². The van der Waals surface area contributed by atoms with Gasteiger partial charge in [-0.25, -0.2) is 13.2 Å². The van der Waals surface area contributed by atoms with Gasteiger partial charge in [-0.05, 0) is 42.2 Å². The van der Waals surface area contributed by atoms with E-state index in [0.717, 1.165) is 21.0 Å². The Morgan fingerprint density at radius 1 is 0.892 bits per heavy atom. The van der Waals surface area contributed by atoms with E-state index in [1.807, 2.05) is 31.2 Å². The Morgan fingerprint density at radius 3 is 2.05 bits per heavy atom. The molecule has 3 rings (SSSR count). The summed E-state index contributed by atoms with van der Waals surface area (Å²) in [6.07, 6.45) is 0. The van der Waals surface area contributed by atoms with Gasteiger partial charge in [0.1, 0.15) is 6.54 Å². The number of ether oxygens (including phenoxy) is 2. The van der Waals surface area contributed by atoms with Gasteiger partial charge in [-0.2, -0.15) is 4.31 Å². The monoisotopic (exact) mass is 524 g/mol. The first-order chi connectivity index (χ1) is 17.4. The van der Waals surface area contributed by atoms with Crippen LogP contribution in [0.1, 0.15) is 48.0 Å². The van der Waals surface area contributed by atoms with Crippen molar-refractivity contribution in [3.05, 3.63) is 83.0 Å². The minimum atomic E-state index is -4.13. The maximum absolute atomic E-state index is 13.5. The molecule has 0 atom stereocenters. The first kappa shape index (κ1) is 28.0. The lowest BCUT2D eigenvalue weighted by molar-refractivity contribution is -0.140. The number of hydrogen-bond donors (Lipinski definition) is 0. The second-order valence-corrected chi connectivity index (χ2v) is 11.6. The fourth-order valence-corrected chi connectivity index (χ4v) is 5.03. The normalized spacial score (nSPS) is 11.9. The van der Waals surface area contributed by atoms with E-state index in [1.54, 1.807) is 24.3 Å². The predicted octanol–water partition coefficient (Wildman–Crippen LogP) is 4.51. The Morgan fingerprint density at radius 2 is 1.51 bits per heavy atom. The number of nitrogens with zero attached hydrogens (tertiary/aromatic N) is 2. The SMILES string of the molecule is COC(=O)CN(Cc1nc(-c2ccc(C(C)(C)C)cc2)ccc1C(=O)OC)S(=O)(=O)c1ccc(C)cc1. The van der Waals surface area contributed by atoms with Gasteiger partial charge in [0.05, 0.1) is 42.6 Å². The summed E-state index contributed by atoms with van der Waals surface area (Å²) in [5.41, 5.74) is 3.62. The lowest BCUT2D eigenvalue weighted by atomic mass is 9.86. The van der Waals surface area contributed by atoms with Gasteiger partial charge in [0, 0.05) is 5.56 Å². The predicted molar refractivity (Wildman–Crippen MR) is 141 cm³/mol. The van der Waals surface area contributed by atoms with Gasteiger partial charge in [-0.3, -0.25) is 9.78 Å². The van der Waals surface area contributed by atoms with Gasteiger partial charge < -0.3 is 9.47 Å². The van der Waals surface area contributed by atoms with E-state index < -0.39 is 28.5 Å². The molecule has 196 valence electrons. The van der Waals surface area contributed by atoms with Crippen molar-refractivity contribution in [2.45, 2.75) is 44.6 Å². The maximum Gasteiger partial charge on any atom is 0.339 e. The fraction of sp³-hybridized carbons (Fsp3) is 0.321. The number of hydrogen-bond acceptors (Lipinski definition) is 7. The number of sulfonamides is 1. The number of aryl methyl sites for hydroxylation is 1. The molecule has 1 aromatic heterocycles. The first-order valence-electron chi connectivity index (χ1n) is 11.7. The zero-order chi connectivity index (χ0) is 27.4. The van der Waals surface area contributed by atoms with Crippen molar-refractivity contribution in [3.63, 3.8) is 0 Å². The van der Waals surface area contributed by atoms with E-state index in [0.29, 0.717) is 5.69 Å². The van der Waals surface area contributed by atoms with E-state index in [9.17, 15) is 18.0 Å². The van der Waals surface area contributed by atoms with Crippen LogP contribution in [0.5, 0.6) is 0 Å². The first-order valence-corrected chi connectivity index (χ1v) is 13.1. The molecular formula is C28H32N2O6S. The Kier molecular flexibility index (Phi) is 8.50. The van der Waals surface area contributed by atoms with Crippen LogP contribution in [0.4, 0.5) is 0 Å². The standard InChI is InChI=1S/C28H32N2O6S/c1-19-7-13-22(14-8-19)37(33,34)30(18-26(31)35-5)17-25-23(27(32)36-6)15-16-24(29-25)20-9-11-21(12-10-20)28(2,3)4/h7-16H,17-18H2,1-6H3. The molecule has 2 aromatic carbocycles. The second-order valence-electron chi connectivity index (χ2n) is 9.67. The molecule has 0 radical (unpaired) electrons. The van der Waals surface area contributed by atoms with Crippen molar-refractivity contribution in [3.8, 4) is 11.3 Å². The Hall–Kier alpha value is -3.56. The number of benzene rings is 2. The minimum Gasteiger partial charge on any atom is -0.468 e. The van der Waals surface area contributed by atoms with Crippen LogP contribution in [-0.4, -0.2) is 50.4 Å². The quantitative estimate of drug-likeness (QED) is 0.400. The fourth-order valence-electron chi connectivity index (χ4n) is 3.68. The van der Waals surface area contributed by atoms with Crippen molar-refractivity contribution in [1.82, 2.24) is 9.29 Å². The molecule has 8 nitrogen and oxygen atoms in total. The van der Waals surface area contributed by atoms with E-state index in [2.05, 4.69) is 25.8 Å². The number of aromatic nitrogens is 1. The number of methoxy groups -OCH3 is 2. The Balaban J connectivity index is 2.09. The minimum absolute atomic E-state index is 0.00976. The van der Waals surface area contributed by atoms with E-state index in [1.165, 1.54) is 26.4 Å². The summed E-state index contributed by atoms with van der Waals surface area (Å²) in [7, 11) is -1.71. The number of carbonyl (C=O) groups is 2. The van der Waals surface area contributed by atoms with Gasteiger partial charge in [0.25, 0.3) is 0 Å². The molecule has 0 unspecified atom stereocenters. The summed E-state index contributed by atoms with van der Waals surface area (Å²) < 4.78 is 37.6.